The Balaban J connectivity index is 1.80. The normalized spacial score (nSPS) is 11.3. The Hall–Kier alpha value is -3.11. The third-order valence-corrected chi connectivity index (χ3v) is 4.34. The van der Waals surface area contributed by atoms with Crippen molar-refractivity contribution in [3.05, 3.63) is 58.9 Å². The molecule has 0 aliphatic rings. The molecule has 0 amide bonds. The van der Waals surface area contributed by atoms with E-state index in [1.54, 1.807) is 18.3 Å². The molecule has 3 aromatic rings. The summed E-state index contributed by atoms with van der Waals surface area (Å²) in [4.78, 5) is 1.94. The van der Waals surface area contributed by atoms with Crippen LogP contribution in [0.4, 0.5) is 14.5 Å². The lowest BCUT2D eigenvalue weighted by molar-refractivity contribution is -0.0498. The molecule has 0 aliphatic heterocycles. The second kappa shape index (κ2) is 9.39. The molecule has 0 spiro atoms. The van der Waals surface area contributed by atoms with Crippen LogP contribution in [0.3, 0.4) is 0 Å². The molecule has 1 aromatic heterocycles. The van der Waals surface area contributed by atoms with Crippen molar-refractivity contribution in [3.8, 4) is 17.1 Å². The van der Waals surface area contributed by atoms with Crippen LogP contribution in [-0.2, 0) is 0 Å². The number of aromatic amines is 1. The first-order valence-electron chi connectivity index (χ1n) is 8.67. The number of aromatic nitrogens is 3. The van der Waals surface area contributed by atoms with Crippen molar-refractivity contribution in [1.29, 1.82) is 0 Å². The maximum absolute atomic E-state index is 12.3. The van der Waals surface area contributed by atoms with E-state index in [4.69, 9.17) is 17.3 Å². The van der Waals surface area contributed by atoms with Crippen LogP contribution in [0.1, 0.15) is 5.56 Å². The van der Waals surface area contributed by atoms with Crippen molar-refractivity contribution in [2.75, 3.05) is 25.1 Å². The quantitative estimate of drug-likeness (QED) is 0.432. The number of alkyl halides is 2. The van der Waals surface area contributed by atoms with Crippen LogP contribution in [0, 0.1) is 4.77 Å². The zero-order valence-corrected chi connectivity index (χ0v) is 16.3. The molecule has 0 bridgehead atoms. The van der Waals surface area contributed by atoms with E-state index in [2.05, 4.69) is 20.0 Å². The van der Waals surface area contributed by atoms with E-state index in [-0.39, 0.29) is 12.4 Å². The predicted octanol–water partition coefficient (Wildman–Crippen LogP) is 3.52. The lowest BCUT2D eigenvalue weighted by Crippen LogP contribution is -2.20. The standard InChI is InChI=1S/C19H19F2N5O2S/c1-25(10-11-27)15-6-2-13(3-7-15)12-22-26-17(23-24-19(26)29)14-4-8-16(9-5-14)28-18(20)21/h2-9,12,18,27H,10-11H2,1H3,(H,24,29). The van der Waals surface area contributed by atoms with E-state index in [1.165, 1.54) is 16.8 Å². The van der Waals surface area contributed by atoms with Crippen molar-refractivity contribution in [2.24, 2.45) is 5.10 Å². The number of nitrogens with one attached hydrogen (secondary N) is 1. The average molecular weight is 419 g/mol. The zero-order chi connectivity index (χ0) is 20.8. The summed E-state index contributed by atoms with van der Waals surface area (Å²) in [6.07, 6.45) is 1.64. The smallest absolute Gasteiger partial charge is 0.387 e. The lowest BCUT2D eigenvalue weighted by Gasteiger charge is -2.17. The van der Waals surface area contributed by atoms with Gasteiger partial charge in [0.15, 0.2) is 5.82 Å². The van der Waals surface area contributed by atoms with Gasteiger partial charge in [0.2, 0.25) is 4.77 Å². The molecule has 0 radical (unpaired) electrons. The second-order valence-corrected chi connectivity index (χ2v) is 6.44. The van der Waals surface area contributed by atoms with Gasteiger partial charge in [0.25, 0.3) is 0 Å². The first-order chi connectivity index (χ1) is 14.0. The van der Waals surface area contributed by atoms with E-state index in [1.807, 2.05) is 36.2 Å². The van der Waals surface area contributed by atoms with Gasteiger partial charge < -0.3 is 14.7 Å². The summed E-state index contributed by atoms with van der Waals surface area (Å²) in [5, 5.41) is 20.2. The van der Waals surface area contributed by atoms with Gasteiger partial charge in [-0.15, -0.1) is 0 Å². The minimum Gasteiger partial charge on any atom is -0.435 e. The van der Waals surface area contributed by atoms with E-state index in [9.17, 15) is 8.78 Å². The molecule has 2 N–H and O–H groups in total. The molecule has 0 atom stereocenters. The molecule has 0 unspecified atom stereocenters. The molecular weight excluding hydrogens is 400 g/mol. The van der Waals surface area contributed by atoms with Crippen LogP contribution in [0.5, 0.6) is 5.75 Å². The second-order valence-electron chi connectivity index (χ2n) is 6.05. The number of aliphatic hydroxyl groups excluding tert-OH is 1. The van der Waals surface area contributed by atoms with E-state index in [0.717, 1.165) is 11.3 Å². The van der Waals surface area contributed by atoms with E-state index in [0.29, 0.717) is 22.7 Å². The van der Waals surface area contributed by atoms with Gasteiger partial charge in [-0.25, -0.2) is 5.10 Å². The van der Waals surface area contributed by atoms with Crippen LogP contribution < -0.4 is 9.64 Å². The number of benzene rings is 2. The first-order valence-corrected chi connectivity index (χ1v) is 9.08. The van der Waals surface area contributed by atoms with E-state index < -0.39 is 6.61 Å². The highest BCUT2D eigenvalue weighted by Gasteiger charge is 2.10. The van der Waals surface area contributed by atoms with Gasteiger partial charge >= 0.3 is 6.61 Å². The Morgan fingerprint density at radius 3 is 2.55 bits per heavy atom. The SMILES string of the molecule is CN(CCO)c1ccc(C=Nn2c(-c3ccc(OC(F)F)cc3)n[nH]c2=S)cc1. The molecule has 0 saturated heterocycles. The molecule has 1 heterocycles. The lowest BCUT2D eigenvalue weighted by atomic mass is 10.2. The minimum atomic E-state index is -2.88. The molecule has 0 aliphatic carbocycles. The Morgan fingerprint density at radius 2 is 1.93 bits per heavy atom. The minimum absolute atomic E-state index is 0.0548. The highest BCUT2D eigenvalue weighted by Crippen LogP contribution is 2.22. The Labute approximate surface area is 170 Å². The number of ether oxygens (including phenoxy) is 1. The van der Waals surface area contributed by atoms with Crippen LogP contribution >= 0.6 is 12.2 Å². The Bertz CT molecular complexity index is 1020. The fourth-order valence-electron chi connectivity index (χ4n) is 2.59. The molecule has 152 valence electrons. The topological polar surface area (TPSA) is 78.7 Å². The number of H-pyrrole nitrogens is 1. The highest BCUT2D eigenvalue weighted by atomic mass is 32.1. The Morgan fingerprint density at radius 1 is 1.24 bits per heavy atom. The number of hydrogen-bond acceptors (Lipinski definition) is 6. The molecular formula is C19H19F2N5O2S. The van der Waals surface area contributed by atoms with Crippen LogP contribution in [0.15, 0.2) is 53.6 Å². The molecule has 2 aromatic carbocycles. The third kappa shape index (κ3) is 5.24. The van der Waals surface area contributed by atoms with Crippen LogP contribution in [0.2, 0.25) is 0 Å². The van der Waals surface area contributed by atoms with Crippen LogP contribution in [-0.4, -0.2) is 53.0 Å². The van der Waals surface area contributed by atoms with Crippen LogP contribution in [0.25, 0.3) is 11.4 Å². The molecule has 0 saturated carbocycles. The maximum Gasteiger partial charge on any atom is 0.387 e. The number of anilines is 1. The van der Waals surface area contributed by atoms with E-state index >= 15 is 0 Å². The summed E-state index contributed by atoms with van der Waals surface area (Å²) < 4.78 is 30.7. The summed E-state index contributed by atoms with van der Waals surface area (Å²) in [5.41, 5.74) is 2.46. The maximum atomic E-state index is 12.3. The summed E-state index contributed by atoms with van der Waals surface area (Å²) in [7, 11) is 1.90. The first kappa shape index (κ1) is 20.6. The number of rotatable bonds is 8. The number of halogens is 2. The number of hydrogen-bond donors (Lipinski definition) is 2. The number of likely N-dealkylation sites (N-methyl/N-ethyl adjacent to an activating group) is 1. The van der Waals surface area contributed by atoms with Gasteiger partial charge in [-0.2, -0.15) is 23.7 Å². The van der Waals surface area contributed by atoms with Gasteiger partial charge in [0.1, 0.15) is 5.75 Å². The average Bonchev–Trinajstić information content (AvgIpc) is 3.07. The monoisotopic (exact) mass is 419 g/mol. The van der Waals surface area contributed by atoms with Crippen molar-refractivity contribution >= 4 is 24.1 Å². The van der Waals surface area contributed by atoms with Crippen molar-refractivity contribution in [1.82, 2.24) is 14.9 Å². The largest absolute Gasteiger partial charge is 0.435 e. The molecule has 29 heavy (non-hydrogen) atoms. The zero-order valence-electron chi connectivity index (χ0n) is 15.5. The van der Waals surface area contributed by atoms with Crippen molar-refractivity contribution in [2.45, 2.75) is 6.61 Å². The number of aliphatic hydroxyl groups is 1. The van der Waals surface area contributed by atoms with Gasteiger partial charge in [0.05, 0.1) is 12.8 Å². The molecule has 7 nitrogen and oxygen atoms in total. The molecule has 0 fully saturated rings. The van der Waals surface area contributed by atoms with Crippen molar-refractivity contribution < 1.29 is 18.6 Å². The summed E-state index contributed by atoms with van der Waals surface area (Å²) in [5.74, 6) is 0.494. The molecule has 10 heteroatoms. The summed E-state index contributed by atoms with van der Waals surface area (Å²) in [6.45, 7) is -2.26. The molecule has 3 rings (SSSR count). The summed E-state index contributed by atoms with van der Waals surface area (Å²) in [6, 6.07) is 13.7. The third-order valence-electron chi connectivity index (χ3n) is 4.08. The Kier molecular flexibility index (Phi) is 6.68. The fraction of sp³-hybridized carbons (Fsp3) is 0.211. The fourth-order valence-corrected chi connectivity index (χ4v) is 2.77. The predicted molar refractivity (Wildman–Crippen MR) is 109 cm³/mol. The number of nitrogens with zero attached hydrogens (tertiary/aromatic N) is 4. The van der Waals surface area contributed by atoms with Gasteiger partial charge in [-0.05, 0) is 54.2 Å². The highest BCUT2D eigenvalue weighted by molar-refractivity contribution is 7.71. The van der Waals surface area contributed by atoms with Gasteiger partial charge in [-0.3, -0.25) is 0 Å². The van der Waals surface area contributed by atoms with Gasteiger partial charge in [0, 0.05) is 24.8 Å². The summed E-state index contributed by atoms with van der Waals surface area (Å²) >= 11 is 5.23. The van der Waals surface area contributed by atoms with Gasteiger partial charge in [-0.1, -0.05) is 12.1 Å². The van der Waals surface area contributed by atoms with Crippen molar-refractivity contribution in [3.63, 3.8) is 0 Å².